The summed E-state index contributed by atoms with van der Waals surface area (Å²) in [5.41, 5.74) is 4.16. The van der Waals surface area contributed by atoms with Gasteiger partial charge >= 0.3 is 0 Å². The smallest absolute Gasteiger partial charge is 0.274 e. The van der Waals surface area contributed by atoms with Gasteiger partial charge in [-0.25, -0.2) is 5.48 Å². The molecule has 0 spiro atoms. The predicted octanol–water partition coefficient (Wildman–Crippen LogP) is 2.20. The molecule has 3 rings (SSSR count). The van der Waals surface area contributed by atoms with Crippen molar-refractivity contribution in [2.24, 2.45) is 0 Å². The number of nitrogens with one attached hydrogen (secondary N) is 1. The number of rotatable bonds is 3. The van der Waals surface area contributed by atoms with Crippen LogP contribution in [0.3, 0.4) is 0 Å². The maximum absolute atomic E-state index is 11.5. The lowest BCUT2D eigenvalue weighted by molar-refractivity contribution is 0.0706. The number of hydroxylamine groups is 1. The Balaban J connectivity index is 2.01. The summed E-state index contributed by atoms with van der Waals surface area (Å²) in [5.74, 6) is -0.511. The van der Waals surface area contributed by atoms with Gasteiger partial charge in [0.15, 0.2) is 0 Å². The largest absolute Gasteiger partial charge is 0.343 e. The fourth-order valence-corrected chi connectivity index (χ4v) is 2.21. The first-order valence-corrected chi connectivity index (χ1v) is 6.20. The Morgan fingerprint density at radius 1 is 1.20 bits per heavy atom. The Morgan fingerprint density at radius 2 is 2.00 bits per heavy atom. The van der Waals surface area contributed by atoms with Gasteiger partial charge in [0, 0.05) is 36.2 Å². The molecule has 5 nitrogen and oxygen atoms in total. The fourth-order valence-electron chi connectivity index (χ4n) is 2.21. The van der Waals surface area contributed by atoms with Crippen LogP contribution in [0.25, 0.3) is 10.9 Å². The maximum Gasteiger partial charge on any atom is 0.274 e. The van der Waals surface area contributed by atoms with Crippen molar-refractivity contribution in [3.05, 3.63) is 66.1 Å². The Hall–Kier alpha value is -2.66. The SMILES string of the molecule is O=C(NO)c1ccc2ccn(Cc3ccncc3)c2c1. The zero-order chi connectivity index (χ0) is 13.9. The molecule has 2 N–H and O–H groups in total. The van der Waals surface area contributed by atoms with Gasteiger partial charge in [0.05, 0.1) is 0 Å². The number of hydrogen-bond donors (Lipinski definition) is 2. The van der Waals surface area contributed by atoms with Crippen molar-refractivity contribution < 1.29 is 10.0 Å². The number of carbonyl (C=O) groups is 1. The van der Waals surface area contributed by atoms with Gasteiger partial charge in [-0.2, -0.15) is 0 Å². The van der Waals surface area contributed by atoms with Gasteiger partial charge < -0.3 is 4.57 Å². The Bertz CT molecular complexity index is 750. The van der Waals surface area contributed by atoms with E-state index in [1.807, 2.05) is 30.5 Å². The molecule has 1 amide bonds. The van der Waals surface area contributed by atoms with Crippen LogP contribution in [-0.2, 0) is 6.54 Å². The number of benzene rings is 1. The molecule has 0 aliphatic rings. The van der Waals surface area contributed by atoms with E-state index in [1.54, 1.807) is 30.0 Å². The number of fused-ring (bicyclic) bond motifs is 1. The van der Waals surface area contributed by atoms with Crippen molar-refractivity contribution >= 4 is 16.8 Å². The van der Waals surface area contributed by atoms with Crippen LogP contribution < -0.4 is 5.48 Å². The normalized spacial score (nSPS) is 10.7. The molecule has 5 heteroatoms. The van der Waals surface area contributed by atoms with Crippen LogP contribution in [0, 0.1) is 0 Å². The van der Waals surface area contributed by atoms with Crippen LogP contribution in [0.15, 0.2) is 55.0 Å². The van der Waals surface area contributed by atoms with Crippen molar-refractivity contribution in [2.45, 2.75) is 6.54 Å². The third kappa shape index (κ3) is 2.26. The average Bonchev–Trinajstić information content (AvgIpc) is 2.90. The highest BCUT2D eigenvalue weighted by Gasteiger charge is 2.08. The zero-order valence-corrected chi connectivity index (χ0v) is 10.7. The van der Waals surface area contributed by atoms with Crippen LogP contribution >= 0.6 is 0 Å². The summed E-state index contributed by atoms with van der Waals surface area (Å²) < 4.78 is 2.05. The highest BCUT2D eigenvalue weighted by molar-refractivity contribution is 5.97. The quantitative estimate of drug-likeness (QED) is 0.564. The minimum atomic E-state index is -0.511. The van der Waals surface area contributed by atoms with E-state index >= 15 is 0 Å². The maximum atomic E-state index is 11.5. The minimum absolute atomic E-state index is 0.426. The van der Waals surface area contributed by atoms with E-state index < -0.39 is 5.91 Å². The fraction of sp³-hybridized carbons (Fsp3) is 0.0667. The number of nitrogens with zero attached hydrogens (tertiary/aromatic N) is 2. The summed E-state index contributed by atoms with van der Waals surface area (Å²) >= 11 is 0. The summed E-state index contributed by atoms with van der Waals surface area (Å²) in [6.45, 7) is 0.705. The van der Waals surface area contributed by atoms with Gasteiger partial charge in [0.1, 0.15) is 0 Å². The lowest BCUT2D eigenvalue weighted by Gasteiger charge is -2.06. The summed E-state index contributed by atoms with van der Waals surface area (Å²) in [6.07, 6.45) is 5.49. The second-order valence-electron chi connectivity index (χ2n) is 4.51. The van der Waals surface area contributed by atoms with E-state index in [1.165, 1.54) is 0 Å². The number of amides is 1. The number of carbonyl (C=O) groups excluding carboxylic acids is 1. The third-order valence-electron chi connectivity index (χ3n) is 3.24. The molecule has 0 atom stereocenters. The molecule has 0 fully saturated rings. The molecule has 2 heterocycles. The number of hydrogen-bond acceptors (Lipinski definition) is 3. The number of pyridine rings is 1. The molecule has 0 aliphatic heterocycles. The summed E-state index contributed by atoms with van der Waals surface area (Å²) in [5, 5.41) is 9.75. The molecular weight excluding hydrogens is 254 g/mol. The van der Waals surface area contributed by atoms with Gasteiger partial charge in [-0.15, -0.1) is 0 Å². The van der Waals surface area contributed by atoms with Gasteiger partial charge in [0.25, 0.3) is 5.91 Å². The molecule has 0 radical (unpaired) electrons. The molecule has 0 aliphatic carbocycles. The molecule has 0 saturated heterocycles. The van der Waals surface area contributed by atoms with E-state index in [2.05, 4.69) is 9.55 Å². The van der Waals surface area contributed by atoms with Crippen molar-refractivity contribution in [3.8, 4) is 0 Å². The Labute approximate surface area is 115 Å². The van der Waals surface area contributed by atoms with Crippen LogP contribution in [-0.4, -0.2) is 20.7 Å². The topological polar surface area (TPSA) is 67.2 Å². The number of aromatic nitrogens is 2. The highest BCUT2D eigenvalue weighted by atomic mass is 16.5. The van der Waals surface area contributed by atoms with E-state index in [4.69, 9.17) is 5.21 Å². The third-order valence-corrected chi connectivity index (χ3v) is 3.24. The van der Waals surface area contributed by atoms with E-state index in [-0.39, 0.29) is 0 Å². The molecule has 3 aromatic rings. The lowest BCUT2D eigenvalue weighted by Crippen LogP contribution is -2.18. The first-order valence-electron chi connectivity index (χ1n) is 6.20. The van der Waals surface area contributed by atoms with Crippen molar-refractivity contribution in [3.63, 3.8) is 0 Å². The van der Waals surface area contributed by atoms with Crippen LogP contribution in [0.5, 0.6) is 0 Å². The van der Waals surface area contributed by atoms with Crippen molar-refractivity contribution in [2.75, 3.05) is 0 Å². The first-order chi connectivity index (χ1) is 9.78. The second kappa shape index (κ2) is 5.14. The first kappa shape index (κ1) is 12.4. The molecule has 2 aromatic heterocycles. The molecule has 1 aromatic carbocycles. The van der Waals surface area contributed by atoms with Crippen LogP contribution in [0.4, 0.5) is 0 Å². The average molecular weight is 267 g/mol. The van der Waals surface area contributed by atoms with Gasteiger partial charge in [-0.1, -0.05) is 6.07 Å². The minimum Gasteiger partial charge on any atom is -0.343 e. The van der Waals surface area contributed by atoms with Crippen LogP contribution in [0.1, 0.15) is 15.9 Å². The molecular formula is C15H13N3O2. The Morgan fingerprint density at radius 3 is 2.75 bits per heavy atom. The van der Waals surface area contributed by atoms with Gasteiger partial charge in [0.2, 0.25) is 0 Å². The van der Waals surface area contributed by atoms with Crippen molar-refractivity contribution in [1.29, 1.82) is 0 Å². The standard InChI is InChI=1S/C15H13N3O2/c19-15(17-20)13-2-1-12-5-8-18(14(12)9-13)10-11-3-6-16-7-4-11/h1-9,20H,10H2,(H,17,19). The molecule has 0 saturated carbocycles. The summed E-state index contributed by atoms with van der Waals surface area (Å²) in [6, 6.07) is 11.2. The Kier molecular flexibility index (Phi) is 3.18. The molecule has 0 bridgehead atoms. The molecule has 100 valence electrons. The molecule has 20 heavy (non-hydrogen) atoms. The van der Waals surface area contributed by atoms with Crippen molar-refractivity contribution in [1.82, 2.24) is 15.0 Å². The summed E-state index contributed by atoms with van der Waals surface area (Å²) in [7, 11) is 0. The van der Waals surface area contributed by atoms with E-state index in [0.29, 0.717) is 12.1 Å². The predicted molar refractivity (Wildman–Crippen MR) is 74.5 cm³/mol. The zero-order valence-electron chi connectivity index (χ0n) is 10.7. The van der Waals surface area contributed by atoms with Crippen LogP contribution in [0.2, 0.25) is 0 Å². The monoisotopic (exact) mass is 267 g/mol. The lowest BCUT2D eigenvalue weighted by atomic mass is 10.1. The second-order valence-corrected chi connectivity index (χ2v) is 4.51. The van der Waals surface area contributed by atoms with E-state index in [9.17, 15) is 4.79 Å². The summed E-state index contributed by atoms with van der Waals surface area (Å²) in [4.78, 5) is 15.5. The van der Waals surface area contributed by atoms with E-state index in [0.717, 1.165) is 16.5 Å². The molecule has 0 unspecified atom stereocenters. The van der Waals surface area contributed by atoms with Gasteiger partial charge in [-0.05, 0) is 41.3 Å². The highest BCUT2D eigenvalue weighted by Crippen LogP contribution is 2.19. The van der Waals surface area contributed by atoms with Gasteiger partial charge in [-0.3, -0.25) is 15.0 Å².